The summed E-state index contributed by atoms with van der Waals surface area (Å²) < 4.78 is 5.59. The van der Waals surface area contributed by atoms with E-state index in [-0.39, 0.29) is 16.5 Å². The fourth-order valence-corrected chi connectivity index (χ4v) is 2.00. The summed E-state index contributed by atoms with van der Waals surface area (Å²) in [6.07, 6.45) is 0. The predicted octanol–water partition coefficient (Wildman–Crippen LogP) is 4.36. The molecule has 0 amide bonds. The lowest BCUT2D eigenvalue weighted by Crippen LogP contribution is -1.91. The van der Waals surface area contributed by atoms with Crippen molar-refractivity contribution in [1.82, 2.24) is 0 Å². The number of nitro groups is 1. The number of hydrogen-bond acceptors (Lipinski definition) is 4. The fraction of sp³-hybridized carbons (Fsp3) is 0.143. The van der Waals surface area contributed by atoms with Crippen molar-refractivity contribution in [3.63, 3.8) is 0 Å². The highest BCUT2D eigenvalue weighted by Gasteiger charge is 2.12. The van der Waals surface area contributed by atoms with Gasteiger partial charge in [0.15, 0.2) is 0 Å². The Hall–Kier alpha value is -2.27. The van der Waals surface area contributed by atoms with Crippen LogP contribution >= 0.6 is 11.6 Å². The third-order valence-corrected chi connectivity index (χ3v) is 3.11. The Balaban J connectivity index is 2.33. The second kappa shape index (κ2) is 5.38. The lowest BCUT2D eigenvalue weighted by atomic mass is 10.1. The highest BCUT2D eigenvalue weighted by atomic mass is 35.5. The molecule has 0 saturated carbocycles. The third kappa shape index (κ3) is 2.83. The number of hydrogen-bond donors (Lipinski definition) is 1. The maximum Gasteiger partial charge on any atom is 0.271 e. The maximum absolute atomic E-state index is 10.6. The van der Waals surface area contributed by atoms with Crippen molar-refractivity contribution in [2.45, 2.75) is 13.8 Å². The van der Waals surface area contributed by atoms with Gasteiger partial charge < -0.3 is 9.84 Å². The highest BCUT2D eigenvalue weighted by molar-refractivity contribution is 6.32. The zero-order valence-electron chi connectivity index (χ0n) is 10.9. The molecule has 0 aliphatic carbocycles. The van der Waals surface area contributed by atoms with Crippen LogP contribution in [0, 0.1) is 24.0 Å². The molecule has 104 valence electrons. The van der Waals surface area contributed by atoms with Gasteiger partial charge in [-0.15, -0.1) is 0 Å². The first-order chi connectivity index (χ1) is 9.38. The number of phenolic OH excluding ortho intramolecular Hbond substituents is 1. The van der Waals surface area contributed by atoms with Gasteiger partial charge >= 0.3 is 0 Å². The van der Waals surface area contributed by atoms with Crippen LogP contribution in [0.5, 0.6) is 17.2 Å². The second-order valence-corrected chi connectivity index (χ2v) is 4.79. The van der Waals surface area contributed by atoms with Crippen LogP contribution in [0.25, 0.3) is 0 Å². The van der Waals surface area contributed by atoms with E-state index in [1.54, 1.807) is 26.0 Å². The first-order valence-corrected chi connectivity index (χ1v) is 6.18. The van der Waals surface area contributed by atoms with E-state index in [1.807, 2.05) is 0 Å². The van der Waals surface area contributed by atoms with Crippen molar-refractivity contribution >= 4 is 17.3 Å². The fourth-order valence-electron chi connectivity index (χ4n) is 1.79. The maximum atomic E-state index is 10.6. The van der Waals surface area contributed by atoms with Crippen LogP contribution in [-0.2, 0) is 0 Å². The first kappa shape index (κ1) is 14.1. The van der Waals surface area contributed by atoms with Crippen molar-refractivity contribution in [3.05, 3.63) is 56.6 Å². The second-order valence-electron chi connectivity index (χ2n) is 4.38. The molecule has 0 heterocycles. The average Bonchev–Trinajstić information content (AvgIpc) is 2.38. The topological polar surface area (TPSA) is 72.6 Å². The molecule has 0 aliphatic heterocycles. The molecule has 0 radical (unpaired) electrons. The summed E-state index contributed by atoms with van der Waals surface area (Å²) in [5.74, 6) is 1.04. The van der Waals surface area contributed by atoms with E-state index < -0.39 is 4.92 Å². The summed E-state index contributed by atoms with van der Waals surface area (Å²) in [6, 6.07) is 7.33. The van der Waals surface area contributed by atoms with E-state index in [0.717, 1.165) is 0 Å². The van der Waals surface area contributed by atoms with Crippen molar-refractivity contribution in [2.75, 3.05) is 0 Å². The highest BCUT2D eigenvalue weighted by Crippen LogP contribution is 2.34. The molecule has 0 spiro atoms. The number of non-ortho nitro benzene ring substituents is 1. The van der Waals surface area contributed by atoms with Crippen LogP contribution in [0.3, 0.4) is 0 Å². The molecule has 0 aliphatic rings. The number of ether oxygens (including phenoxy) is 1. The number of aryl methyl sites for hydroxylation is 2. The van der Waals surface area contributed by atoms with E-state index in [0.29, 0.717) is 22.6 Å². The molecule has 0 aromatic heterocycles. The normalized spacial score (nSPS) is 10.3. The van der Waals surface area contributed by atoms with Gasteiger partial charge in [-0.1, -0.05) is 11.6 Å². The van der Waals surface area contributed by atoms with Crippen molar-refractivity contribution in [2.24, 2.45) is 0 Å². The van der Waals surface area contributed by atoms with Crippen LogP contribution in [0.2, 0.25) is 5.02 Å². The Morgan fingerprint density at radius 3 is 2.30 bits per heavy atom. The molecule has 0 bridgehead atoms. The van der Waals surface area contributed by atoms with Crippen LogP contribution in [0.15, 0.2) is 30.3 Å². The van der Waals surface area contributed by atoms with Gasteiger partial charge in [-0.3, -0.25) is 10.1 Å². The molecule has 0 saturated heterocycles. The van der Waals surface area contributed by atoms with Gasteiger partial charge in [0.1, 0.15) is 17.2 Å². The van der Waals surface area contributed by atoms with Crippen LogP contribution in [0.4, 0.5) is 5.69 Å². The Labute approximate surface area is 120 Å². The van der Waals surface area contributed by atoms with Crippen LogP contribution in [-0.4, -0.2) is 10.0 Å². The van der Waals surface area contributed by atoms with Crippen molar-refractivity contribution in [3.8, 4) is 17.2 Å². The summed E-state index contributed by atoms with van der Waals surface area (Å²) >= 11 is 5.96. The largest absolute Gasteiger partial charge is 0.507 e. The predicted molar refractivity (Wildman–Crippen MR) is 75.8 cm³/mol. The van der Waals surface area contributed by atoms with Crippen molar-refractivity contribution in [1.29, 1.82) is 0 Å². The summed E-state index contributed by atoms with van der Waals surface area (Å²) in [5.41, 5.74) is 1.26. The summed E-state index contributed by atoms with van der Waals surface area (Å²) in [7, 11) is 0. The number of halogens is 1. The molecular formula is C14H12ClNO4. The number of aromatic hydroxyl groups is 1. The first-order valence-electron chi connectivity index (χ1n) is 5.80. The molecule has 0 atom stereocenters. The minimum atomic E-state index is -0.523. The summed E-state index contributed by atoms with van der Waals surface area (Å²) in [4.78, 5) is 10.1. The third-order valence-electron chi connectivity index (χ3n) is 2.82. The number of rotatable bonds is 3. The standard InChI is InChI=1S/C14H12ClNO4/c1-8-5-11(6-9(2)14(8)17)20-13-4-3-10(16(18)19)7-12(13)15/h3-7,17H,1-2H3. The van der Waals surface area contributed by atoms with Gasteiger partial charge in [0.05, 0.1) is 9.95 Å². The molecule has 0 unspecified atom stereocenters. The van der Waals surface area contributed by atoms with Crippen LogP contribution < -0.4 is 4.74 Å². The van der Waals surface area contributed by atoms with E-state index >= 15 is 0 Å². The summed E-state index contributed by atoms with van der Waals surface area (Å²) in [5, 5.41) is 20.5. The van der Waals surface area contributed by atoms with Gasteiger partial charge in [0.25, 0.3) is 5.69 Å². The van der Waals surface area contributed by atoms with Gasteiger partial charge in [-0.2, -0.15) is 0 Å². The Morgan fingerprint density at radius 1 is 1.20 bits per heavy atom. The molecule has 0 fully saturated rings. The quantitative estimate of drug-likeness (QED) is 0.674. The van der Waals surface area contributed by atoms with E-state index in [2.05, 4.69) is 0 Å². The van der Waals surface area contributed by atoms with Crippen molar-refractivity contribution < 1.29 is 14.8 Å². The molecule has 2 aromatic rings. The lowest BCUT2D eigenvalue weighted by Gasteiger charge is -2.10. The number of nitrogens with zero attached hydrogens (tertiary/aromatic N) is 1. The monoisotopic (exact) mass is 293 g/mol. The molecule has 5 nitrogen and oxygen atoms in total. The molecule has 2 rings (SSSR count). The number of benzene rings is 2. The zero-order chi connectivity index (χ0) is 14.9. The lowest BCUT2D eigenvalue weighted by molar-refractivity contribution is -0.384. The SMILES string of the molecule is Cc1cc(Oc2ccc([N+](=O)[O-])cc2Cl)cc(C)c1O. The van der Waals surface area contributed by atoms with Gasteiger partial charge in [0, 0.05) is 12.1 Å². The number of nitro benzene ring substituents is 1. The molecule has 6 heteroatoms. The smallest absolute Gasteiger partial charge is 0.271 e. The summed E-state index contributed by atoms with van der Waals surface area (Å²) in [6.45, 7) is 3.51. The van der Waals surface area contributed by atoms with E-state index in [4.69, 9.17) is 16.3 Å². The number of phenols is 1. The Morgan fingerprint density at radius 2 is 1.80 bits per heavy atom. The van der Waals surface area contributed by atoms with Crippen LogP contribution in [0.1, 0.15) is 11.1 Å². The minimum Gasteiger partial charge on any atom is -0.507 e. The van der Waals surface area contributed by atoms with E-state index in [9.17, 15) is 15.2 Å². The molecule has 1 N–H and O–H groups in total. The molecule has 2 aromatic carbocycles. The van der Waals surface area contributed by atoms with Gasteiger partial charge in [-0.05, 0) is 43.2 Å². The molecular weight excluding hydrogens is 282 g/mol. The van der Waals surface area contributed by atoms with Gasteiger partial charge in [0.2, 0.25) is 0 Å². The zero-order valence-corrected chi connectivity index (χ0v) is 11.6. The molecule has 20 heavy (non-hydrogen) atoms. The average molecular weight is 294 g/mol. The van der Waals surface area contributed by atoms with Gasteiger partial charge in [-0.25, -0.2) is 0 Å². The van der Waals surface area contributed by atoms with E-state index in [1.165, 1.54) is 18.2 Å². The Kier molecular flexibility index (Phi) is 3.81. The Bertz CT molecular complexity index is 662. The minimum absolute atomic E-state index is 0.0968.